The van der Waals surface area contributed by atoms with E-state index in [0.717, 1.165) is 48.0 Å². The van der Waals surface area contributed by atoms with Gasteiger partial charge in [-0.2, -0.15) is 4.98 Å². The number of benzene rings is 3. The van der Waals surface area contributed by atoms with E-state index in [1.165, 1.54) is 0 Å². The van der Waals surface area contributed by atoms with Gasteiger partial charge in [-0.25, -0.2) is 9.79 Å². The maximum absolute atomic E-state index is 13.5. The first kappa shape index (κ1) is 27.7. The number of ether oxygens (including phenoxy) is 2. The second-order valence-electron chi connectivity index (χ2n) is 12.5. The van der Waals surface area contributed by atoms with Crippen molar-refractivity contribution in [3.63, 3.8) is 0 Å². The molecule has 43 heavy (non-hydrogen) atoms. The first-order valence-corrected chi connectivity index (χ1v) is 15.1. The Balaban J connectivity index is 1.16. The van der Waals surface area contributed by atoms with E-state index in [0.29, 0.717) is 40.9 Å². The van der Waals surface area contributed by atoms with Crippen LogP contribution in [0.15, 0.2) is 65.5 Å². The van der Waals surface area contributed by atoms with Crippen molar-refractivity contribution in [1.82, 2.24) is 14.5 Å². The smallest absolute Gasteiger partial charge is 0.348 e. The van der Waals surface area contributed by atoms with Crippen LogP contribution in [0.3, 0.4) is 0 Å². The highest BCUT2D eigenvalue weighted by Crippen LogP contribution is 2.64. The zero-order valence-corrected chi connectivity index (χ0v) is 25.3. The third-order valence-corrected chi connectivity index (χ3v) is 9.92. The summed E-state index contributed by atoms with van der Waals surface area (Å²) in [6.45, 7) is 6.05. The fraction of sp³-hybridized carbons (Fsp3) is 0.353. The summed E-state index contributed by atoms with van der Waals surface area (Å²) in [5.41, 5.74) is 2.93. The number of aromatic nitrogens is 2. The molecule has 1 N–H and O–H groups in total. The van der Waals surface area contributed by atoms with Crippen molar-refractivity contribution in [3.05, 3.63) is 81.7 Å². The van der Waals surface area contributed by atoms with Crippen LogP contribution in [0, 0.1) is 10.8 Å². The first-order valence-electron chi connectivity index (χ1n) is 14.7. The Bertz CT molecular complexity index is 1860. The molecule has 1 saturated carbocycles. The molecule has 2 aliphatic heterocycles. The molecule has 1 aromatic heterocycles. The van der Waals surface area contributed by atoms with Crippen LogP contribution in [0.5, 0.6) is 11.5 Å². The van der Waals surface area contributed by atoms with Gasteiger partial charge in [0.2, 0.25) is 5.69 Å². The van der Waals surface area contributed by atoms with Crippen LogP contribution in [-0.4, -0.2) is 52.9 Å². The van der Waals surface area contributed by atoms with Crippen molar-refractivity contribution < 1.29 is 19.3 Å². The minimum Gasteiger partial charge on any atom is -0.493 e. The van der Waals surface area contributed by atoms with Crippen LogP contribution in [0.4, 0.5) is 5.69 Å². The summed E-state index contributed by atoms with van der Waals surface area (Å²) in [6, 6.07) is 19.0. The van der Waals surface area contributed by atoms with Gasteiger partial charge in [-0.1, -0.05) is 55.8 Å². The van der Waals surface area contributed by atoms with Crippen LogP contribution < -0.4 is 20.2 Å². The Kier molecular flexibility index (Phi) is 6.58. The standard InChI is InChI=1S/C34H33ClN4O4/c1-33(19-39-27-12-11-22(35)14-25(27)30(37-32(39)41)21-8-5-4-6-9-21)18-34(33,2)20-43-29-16-26-24(15-28(29)42-3)31(40)38-13-7-10-23(38)17-36-26/h4-6,8-9,11-12,14-17,23H,7,10,13,18-20H2,1-3H3/p+1/t23-,33?,34?/m0/s1. The topological polar surface area (TPSA) is 87.6 Å². The fourth-order valence-corrected chi connectivity index (χ4v) is 6.96. The molecule has 9 heteroatoms. The number of rotatable bonds is 7. The highest BCUT2D eigenvalue weighted by atomic mass is 35.5. The summed E-state index contributed by atoms with van der Waals surface area (Å²) in [5.74, 6) is 1.12. The van der Waals surface area contributed by atoms with Gasteiger partial charge >= 0.3 is 5.69 Å². The molecule has 0 bridgehead atoms. The molecule has 4 aromatic rings. The predicted octanol–water partition coefficient (Wildman–Crippen LogP) is 4.62. The van der Waals surface area contributed by atoms with Gasteiger partial charge in [0, 0.05) is 40.5 Å². The van der Waals surface area contributed by atoms with E-state index in [1.54, 1.807) is 17.7 Å². The maximum atomic E-state index is 13.5. The van der Waals surface area contributed by atoms with E-state index in [4.69, 9.17) is 21.1 Å². The number of nitrogens with zero attached hydrogens (tertiary/aromatic N) is 3. The Morgan fingerprint density at radius 2 is 1.86 bits per heavy atom. The molecule has 1 saturated heterocycles. The average Bonchev–Trinajstić information content (AvgIpc) is 3.31. The molecule has 1 amide bonds. The molecule has 1 aliphatic carbocycles. The van der Waals surface area contributed by atoms with Crippen LogP contribution in [0.2, 0.25) is 5.02 Å². The number of methoxy groups -OCH3 is 1. The van der Waals surface area contributed by atoms with Crippen LogP contribution in [-0.2, 0) is 6.54 Å². The lowest BCUT2D eigenvalue weighted by Gasteiger charge is -2.22. The third kappa shape index (κ3) is 4.68. The molecular weight excluding hydrogens is 564 g/mol. The van der Waals surface area contributed by atoms with Gasteiger partial charge in [-0.05, 0) is 42.9 Å². The molecular formula is C34H34ClN4O4+. The zero-order chi connectivity index (χ0) is 29.9. The van der Waals surface area contributed by atoms with Crippen molar-refractivity contribution in [2.75, 3.05) is 20.3 Å². The quantitative estimate of drug-likeness (QED) is 0.336. The van der Waals surface area contributed by atoms with Gasteiger partial charge in [0.25, 0.3) is 5.91 Å². The number of halogens is 1. The van der Waals surface area contributed by atoms with E-state index >= 15 is 0 Å². The molecule has 0 spiro atoms. The minimum absolute atomic E-state index is 0.0104. The Morgan fingerprint density at radius 1 is 1.05 bits per heavy atom. The molecule has 3 heterocycles. The number of hydrogen-bond donors (Lipinski definition) is 1. The molecule has 3 atom stereocenters. The van der Waals surface area contributed by atoms with Crippen molar-refractivity contribution in [2.45, 2.75) is 45.7 Å². The fourth-order valence-electron chi connectivity index (χ4n) is 6.78. The second-order valence-corrected chi connectivity index (χ2v) is 12.9. The lowest BCUT2D eigenvalue weighted by Crippen LogP contribution is -2.63. The zero-order valence-electron chi connectivity index (χ0n) is 24.5. The molecule has 0 radical (unpaired) electrons. The Hall–Kier alpha value is -4.17. The normalized spacial score (nSPS) is 24.0. The van der Waals surface area contributed by atoms with Gasteiger partial charge < -0.3 is 14.4 Å². The van der Waals surface area contributed by atoms with Crippen molar-refractivity contribution >= 4 is 40.3 Å². The van der Waals surface area contributed by atoms with Crippen LogP contribution in [0.1, 0.15) is 43.5 Å². The highest BCUT2D eigenvalue weighted by molar-refractivity contribution is 6.31. The SMILES string of the molecule is COc1cc2c(cc1OCC1(C)CC1(C)Cn1c(=O)nc(-c3ccccc3)c3cc(Cl)ccc31)[NH+]=C[C@@H]1CCCN1C2=O. The van der Waals surface area contributed by atoms with Gasteiger partial charge in [-0.15, -0.1) is 0 Å². The molecule has 2 unspecified atom stereocenters. The monoisotopic (exact) mass is 597 g/mol. The number of nitrogens with one attached hydrogen (secondary N) is 1. The minimum atomic E-state index is -0.287. The van der Waals surface area contributed by atoms with Crippen molar-refractivity contribution in [2.24, 2.45) is 10.8 Å². The van der Waals surface area contributed by atoms with Crippen LogP contribution >= 0.6 is 11.6 Å². The number of carbonyl (C=O) groups is 1. The van der Waals surface area contributed by atoms with E-state index < -0.39 is 0 Å². The van der Waals surface area contributed by atoms with Crippen molar-refractivity contribution in [1.29, 1.82) is 0 Å². The molecule has 8 nitrogen and oxygen atoms in total. The number of carbonyl (C=O) groups excluding carboxylic acids is 1. The second kappa shape index (κ2) is 10.2. The summed E-state index contributed by atoms with van der Waals surface area (Å²) in [5, 5.41) is 1.44. The van der Waals surface area contributed by atoms with Gasteiger partial charge in [-0.3, -0.25) is 9.36 Å². The van der Waals surface area contributed by atoms with Gasteiger partial charge in [0.1, 0.15) is 11.6 Å². The molecule has 3 aromatic carbocycles. The maximum Gasteiger partial charge on any atom is 0.348 e. The molecule has 2 fully saturated rings. The highest BCUT2D eigenvalue weighted by Gasteiger charge is 2.61. The predicted molar refractivity (Wildman–Crippen MR) is 167 cm³/mol. The van der Waals surface area contributed by atoms with E-state index in [-0.39, 0.29) is 28.5 Å². The lowest BCUT2D eigenvalue weighted by molar-refractivity contribution is -0.349. The van der Waals surface area contributed by atoms with Gasteiger partial charge in [0.15, 0.2) is 17.7 Å². The van der Waals surface area contributed by atoms with Gasteiger partial charge in [0.05, 0.1) is 31.0 Å². The number of hydrogen-bond acceptors (Lipinski definition) is 5. The van der Waals surface area contributed by atoms with E-state index in [1.807, 2.05) is 65.7 Å². The molecule has 3 aliphatic rings. The third-order valence-electron chi connectivity index (χ3n) is 9.68. The molecule has 220 valence electrons. The Labute approximate surface area is 254 Å². The lowest BCUT2D eigenvalue weighted by atomic mass is 9.96. The van der Waals surface area contributed by atoms with E-state index in [2.05, 4.69) is 23.8 Å². The van der Waals surface area contributed by atoms with Crippen LogP contribution in [0.25, 0.3) is 22.2 Å². The molecule has 7 rings (SSSR count). The van der Waals surface area contributed by atoms with E-state index in [9.17, 15) is 9.59 Å². The summed E-state index contributed by atoms with van der Waals surface area (Å²) >= 11 is 6.40. The number of fused-ring (bicyclic) bond motifs is 3. The average molecular weight is 598 g/mol. The Morgan fingerprint density at radius 3 is 2.65 bits per heavy atom. The summed E-state index contributed by atoms with van der Waals surface area (Å²) in [7, 11) is 1.59. The summed E-state index contributed by atoms with van der Waals surface area (Å²) < 4.78 is 13.8. The first-order chi connectivity index (χ1) is 20.7. The summed E-state index contributed by atoms with van der Waals surface area (Å²) in [6.07, 6.45) is 4.83. The number of amides is 1. The summed E-state index contributed by atoms with van der Waals surface area (Å²) in [4.78, 5) is 36.5. The largest absolute Gasteiger partial charge is 0.493 e. The van der Waals surface area contributed by atoms with Crippen molar-refractivity contribution in [3.8, 4) is 22.8 Å².